The van der Waals surface area contributed by atoms with Gasteiger partial charge in [-0.05, 0) is 12.8 Å². The Labute approximate surface area is 49.5 Å². The Balaban J connectivity index is 2.44. The van der Waals surface area contributed by atoms with Crippen molar-refractivity contribution in [2.24, 2.45) is 11.5 Å². The molecule has 46 valence electrons. The van der Waals surface area contributed by atoms with Crippen LogP contribution in [-0.4, -0.2) is 12.1 Å². The van der Waals surface area contributed by atoms with Crippen molar-refractivity contribution in [3.63, 3.8) is 0 Å². The van der Waals surface area contributed by atoms with Gasteiger partial charge in [-0.15, -0.1) is 0 Å². The van der Waals surface area contributed by atoms with Crippen molar-refractivity contribution in [1.82, 2.24) is 0 Å². The Morgan fingerprint density at radius 3 is 1.62 bits per heavy atom. The summed E-state index contributed by atoms with van der Waals surface area (Å²) in [6, 6.07) is 0.389. The molecular formula is C6H12N2. The van der Waals surface area contributed by atoms with Crippen LogP contribution >= 0.6 is 0 Å². The molecular weight excluding hydrogens is 100 g/mol. The molecule has 4 N–H and O–H groups in total. The monoisotopic (exact) mass is 112 g/mol. The number of rotatable bonds is 0. The number of hydrogen-bond donors (Lipinski definition) is 2. The molecule has 0 unspecified atom stereocenters. The van der Waals surface area contributed by atoms with Crippen LogP contribution in [0.2, 0.25) is 0 Å². The first-order valence-electron chi connectivity index (χ1n) is 2.97. The van der Waals surface area contributed by atoms with E-state index in [1.165, 1.54) is 0 Å². The zero-order chi connectivity index (χ0) is 5.98. The summed E-state index contributed by atoms with van der Waals surface area (Å²) in [5.74, 6) is 0. The van der Waals surface area contributed by atoms with E-state index in [0.717, 1.165) is 12.8 Å². The molecule has 1 rings (SSSR count). The highest BCUT2D eigenvalue weighted by Crippen LogP contribution is 2.06. The Kier molecular flexibility index (Phi) is 1.65. The number of hydrogen-bond acceptors (Lipinski definition) is 2. The summed E-state index contributed by atoms with van der Waals surface area (Å²) in [6.45, 7) is 0. The topological polar surface area (TPSA) is 52.0 Å². The standard InChI is InChI=1S/C6H12N2/c7-5-3-1-2-4-6(5)8/h1-2,5-6H,3-4,7-8H2/t5-,6+. The third kappa shape index (κ3) is 1.08. The first-order valence-corrected chi connectivity index (χ1v) is 2.97. The van der Waals surface area contributed by atoms with Crippen LogP contribution in [-0.2, 0) is 0 Å². The summed E-state index contributed by atoms with van der Waals surface area (Å²) >= 11 is 0. The molecule has 0 bridgehead atoms. The SMILES string of the molecule is N[C@@H]1CC=CC[C@@H]1N. The van der Waals surface area contributed by atoms with Crippen molar-refractivity contribution < 1.29 is 0 Å². The molecule has 0 heterocycles. The second-order valence-corrected chi connectivity index (χ2v) is 2.27. The van der Waals surface area contributed by atoms with Gasteiger partial charge in [0.15, 0.2) is 0 Å². The third-order valence-electron chi connectivity index (χ3n) is 1.53. The van der Waals surface area contributed by atoms with E-state index in [4.69, 9.17) is 11.5 Å². The summed E-state index contributed by atoms with van der Waals surface area (Å²) in [4.78, 5) is 0. The predicted molar refractivity (Wildman–Crippen MR) is 34.3 cm³/mol. The van der Waals surface area contributed by atoms with Crippen LogP contribution < -0.4 is 11.5 Å². The molecule has 0 aliphatic heterocycles. The Morgan fingerprint density at radius 1 is 1.00 bits per heavy atom. The third-order valence-corrected chi connectivity index (χ3v) is 1.53. The smallest absolute Gasteiger partial charge is 0.0230 e. The van der Waals surface area contributed by atoms with Crippen LogP contribution in [0.25, 0.3) is 0 Å². The molecule has 0 saturated carbocycles. The highest BCUT2D eigenvalue weighted by Gasteiger charge is 2.12. The van der Waals surface area contributed by atoms with Crippen LogP contribution in [0.4, 0.5) is 0 Å². The molecule has 0 amide bonds. The van der Waals surface area contributed by atoms with E-state index < -0.39 is 0 Å². The Bertz CT molecular complexity index is 86.7. The quantitative estimate of drug-likeness (QED) is 0.433. The summed E-state index contributed by atoms with van der Waals surface area (Å²) < 4.78 is 0. The molecule has 1 aliphatic carbocycles. The highest BCUT2D eigenvalue weighted by molar-refractivity contribution is 4.98. The summed E-state index contributed by atoms with van der Waals surface area (Å²) in [5.41, 5.74) is 11.2. The maximum absolute atomic E-state index is 5.60. The second kappa shape index (κ2) is 2.29. The van der Waals surface area contributed by atoms with Gasteiger partial charge in [-0.2, -0.15) is 0 Å². The first kappa shape index (κ1) is 5.79. The van der Waals surface area contributed by atoms with Crippen molar-refractivity contribution in [2.45, 2.75) is 24.9 Å². The van der Waals surface area contributed by atoms with Crippen molar-refractivity contribution in [3.05, 3.63) is 12.2 Å². The van der Waals surface area contributed by atoms with E-state index in [9.17, 15) is 0 Å². The van der Waals surface area contributed by atoms with Gasteiger partial charge in [0.1, 0.15) is 0 Å². The minimum absolute atomic E-state index is 0.194. The Hall–Kier alpha value is -0.340. The van der Waals surface area contributed by atoms with Crippen LogP contribution in [0.3, 0.4) is 0 Å². The lowest BCUT2D eigenvalue weighted by molar-refractivity contribution is 0.516. The van der Waals surface area contributed by atoms with Gasteiger partial charge in [0.2, 0.25) is 0 Å². The molecule has 0 spiro atoms. The minimum Gasteiger partial charge on any atom is -0.326 e. The van der Waals surface area contributed by atoms with Crippen molar-refractivity contribution in [2.75, 3.05) is 0 Å². The van der Waals surface area contributed by atoms with E-state index in [1.54, 1.807) is 0 Å². The molecule has 0 aromatic carbocycles. The predicted octanol–water partition coefficient (Wildman–Crippen LogP) is -0.00900. The molecule has 2 atom stereocenters. The van der Waals surface area contributed by atoms with E-state index >= 15 is 0 Å². The van der Waals surface area contributed by atoms with Crippen molar-refractivity contribution >= 4 is 0 Å². The van der Waals surface area contributed by atoms with Gasteiger partial charge in [0, 0.05) is 12.1 Å². The molecule has 0 radical (unpaired) electrons. The average molecular weight is 112 g/mol. The number of nitrogens with two attached hydrogens (primary N) is 2. The molecule has 0 aromatic rings. The summed E-state index contributed by atoms with van der Waals surface area (Å²) in [5, 5.41) is 0. The fourth-order valence-electron chi connectivity index (χ4n) is 0.856. The van der Waals surface area contributed by atoms with Crippen molar-refractivity contribution in [1.29, 1.82) is 0 Å². The second-order valence-electron chi connectivity index (χ2n) is 2.27. The molecule has 8 heavy (non-hydrogen) atoms. The molecule has 1 aliphatic rings. The van der Waals surface area contributed by atoms with Crippen LogP contribution in [0.15, 0.2) is 12.2 Å². The molecule has 0 fully saturated rings. The summed E-state index contributed by atoms with van der Waals surface area (Å²) in [6.07, 6.45) is 6.07. The zero-order valence-electron chi connectivity index (χ0n) is 4.88. The van der Waals surface area contributed by atoms with Crippen LogP contribution in [0.1, 0.15) is 12.8 Å². The maximum Gasteiger partial charge on any atom is 0.0230 e. The van der Waals surface area contributed by atoms with Crippen LogP contribution in [0.5, 0.6) is 0 Å². The van der Waals surface area contributed by atoms with Gasteiger partial charge in [0.05, 0.1) is 0 Å². The van der Waals surface area contributed by atoms with E-state index in [-0.39, 0.29) is 12.1 Å². The largest absolute Gasteiger partial charge is 0.326 e. The maximum atomic E-state index is 5.60. The lowest BCUT2D eigenvalue weighted by atomic mass is 9.98. The average Bonchev–Trinajstić information content (AvgIpc) is 1.77. The molecule has 0 saturated heterocycles. The zero-order valence-corrected chi connectivity index (χ0v) is 4.88. The van der Waals surface area contributed by atoms with E-state index in [1.807, 2.05) is 0 Å². The van der Waals surface area contributed by atoms with E-state index in [2.05, 4.69) is 12.2 Å². The molecule has 2 nitrogen and oxygen atoms in total. The van der Waals surface area contributed by atoms with Crippen LogP contribution in [0, 0.1) is 0 Å². The van der Waals surface area contributed by atoms with Gasteiger partial charge >= 0.3 is 0 Å². The fraction of sp³-hybridized carbons (Fsp3) is 0.667. The van der Waals surface area contributed by atoms with Gasteiger partial charge in [-0.1, -0.05) is 12.2 Å². The first-order chi connectivity index (χ1) is 3.80. The van der Waals surface area contributed by atoms with Gasteiger partial charge in [0.25, 0.3) is 0 Å². The fourth-order valence-corrected chi connectivity index (χ4v) is 0.856. The summed E-state index contributed by atoms with van der Waals surface area (Å²) in [7, 11) is 0. The minimum atomic E-state index is 0.194. The van der Waals surface area contributed by atoms with Gasteiger partial charge in [-0.3, -0.25) is 0 Å². The van der Waals surface area contributed by atoms with Gasteiger partial charge in [-0.25, -0.2) is 0 Å². The molecule has 0 aromatic heterocycles. The lowest BCUT2D eigenvalue weighted by Crippen LogP contribution is -2.41. The lowest BCUT2D eigenvalue weighted by Gasteiger charge is -2.19. The highest BCUT2D eigenvalue weighted by atomic mass is 14.8. The van der Waals surface area contributed by atoms with Gasteiger partial charge < -0.3 is 11.5 Å². The van der Waals surface area contributed by atoms with E-state index in [0.29, 0.717) is 0 Å². The van der Waals surface area contributed by atoms with Crippen molar-refractivity contribution in [3.8, 4) is 0 Å². The molecule has 2 heteroatoms. The Morgan fingerprint density at radius 2 is 1.38 bits per heavy atom. The normalized spacial score (nSPS) is 37.8.